The van der Waals surface area contributed by atoms with Gasteiger partial charge < -0.3 is 10.2 Å². The van der Waals surface area contributed by atoms with Crippen LogP contribution >= 0.6 is 0 Å². The van der Waals surface area contributed by atoms with Crippen LogP contribution in [0.5, 0.6) is 0 Å². The van der Waals surface area contributed by atoms with Crippen LogP contribution in [-0.4, -0.2) is 35.8 Å². The van der Waals surface area contributed by atoms with E-state index in [-0.39, 0.29) is 11.9 Å². The topological polar surface area (TPSA) is 49.4 Å². The summed E-state index contributed by atoms with van der Waals surface area (Å²) in [6.07, 6.45) is 4.04. The predicted octanol–water partition coefficient (Wildman–Crippen LogP) is 0.914. The molecule has 0 aliphatic carbocycles. The summed E-state index contributed by atoms with van der Waals surface area (Å²) in [5, 5.41) is 2.70. The molecule has 1 atom stereocenters. The van der Waals surface area contributed by atoms with E-state index in [1.807, 2.05) is 13.8 Å². The molecule has 1 saturated heterocycles. The molecule has 0 spiro atoms. The Bertz CT molecular complexity index is 235. The number of nitrogens with zero attached hydrogens (tertiary/aromatic N) is 1. The number of carbonyl (C=O) groups is 2. The monoisotopic (exact) mass is 212 g/mol. The maximum absolute atomic E-state index is 11.7. The third-order valence-corrected chi connectivity index (χ3v) is 2.83. The Morgan fingerprint density at radius 1 is 1.27 bits per heavy atom. The van der Waals surface area contributed by atoms with Gasteiger partial charge in [-0.1, -0.05) is 6.92 Å². The molecule has 1 rings (SSSR count). The number of piperidine rings is 1. The first-order valence-electron chi connectivity index (χ1n) is 5.75. The van der Waals surface area contributed by atoms with E-state index in [2.05, 4.69) is 5.32 Å². The van der Waals surface area contributed by atoms with E-state index in [9.17, 15) is 9.59 Å². The quantitative estimate of drug-likeness (QED) is 0.692. The lowest BCUT2D eigenvalue weighted by Crippen LogP contribution is -2.47. The van der Waals surface area contributed by atoms with Crippen molar-refractivity contribution in [2.75, 3.05) is 13.1 Å². The van der Waals surface area contributed by atoms with Gasteiger partial charge >= 0.3 is 11.8 Å². The van der Waals surface area contributed by atoms with Gasteiger partial charge in [-0.3, -0.25) is 9.59 Å². The molecule has 86 valence electrons. The zero-order chi connectivity index (χ0) is 11.3. The molecule has 4 heteroatoms. The SMILES string of the molecule is CCC(C)NC(=O)C(=O)N1CCCCC1. The first-order valence-corrected chi connectivity index (χ1v) is 5.75. The average molecular weight is 212 g/mol. The van der Waals surface area contributed by atoms with E-state index in [1.54, 1.807) is 4.90 Å². The minimum absolute atomic E-state index is 0.0752. The lowest BCUT2D eigenvalue weighted by atomic mass is 10.1. The van der Waals surface area contributed by atoms with Crippen LogP contribution in [0, 0.1) is 0 Å². The lowest BCUT2D eigenvalue weighted by molar-refractivity contribution is -0.146. The van der Waals surface area contributed by atoms with Crippen molar-refractivity contribution in [3.05, 3.63) is 0 Å². The Hall–Kier alpha value is -1.06. The van der Waals surface area contributed by atoms with Crippen LogP contribution in [0.25, 0.3) is 0 Å². The Kier molecular flexibility index (Phi) is 4.59. The number of carbonyl (C=O) groups excluding carboxylic acids is 2. The number of rotatable bonds is 2. The summed E-state index contributed by atoms with van der Waals surface area (Å²) in [4.78, 5) is 24.8. The highest BCUT2D eigenvalue weighted by atomic mass is 16.2. The van der Waals surface area contributed by atoms with Crippen molar-refractivity contribution >= 4 is 11.8 Å². The third-order valence-electron chi connectivity index (χ3n) is 2.83. The maximum atomic E-state index is 11.7. The summed E-state index contributed by atoms with van der Waals surface area (Å²) in [7, 11) is 0. The van der Waals surface area contributed by atoms with Crippen molar-refractivity contribution < 1.29 is 9.59 Å². The van der Waals surface area contributed by atoms with E-state index < -0.39 is 5.91 Å². The molecule has 15 heavy (non-hydrogen) atoms. The van der Waals surface area contributed by atoms with Gasteiger partial charge in [0, 0.05) is 19.1 Å². The van der Waals surface area contributed by atoms with Crippen molar-refractivity contribution in [2.45, 2.75) is 45.6 Å². The van der Waals surface area contributed by atoms with Crippen LogP contribution in [-0.2, 0) is 9.59 Å². The minimum Gasteiger partial charge on any atom is -0.345 e. The Morgan fingerprint density at radius 3 is 2.40 bits per heavy atom. The van der Waals surface area contributed by atoms with Crippen molar-refractivity contribution in [2.24, 2.45) is 0 Å². The first-order chi connectivity index (χ1) is 7.15. The second-order valence-electron chi connectivity index (χ2n) is 4.14. The van der Waals surface area contributed by atoms with Crippen molar-refractivity contribution in [3.63, 3.8) is 0 Å². The fourth-order valence-electron chi connectivity index (χ4n) is 1.63. The Morgan fingerprint density at radius 2 is 1.87 bits per heavy atom. The number of hydrogen-bond acceptors (Lipinski definition) is 2. The first kappa shape index (κ1) is 12.0. The van der Waals surface area contributed by atoms with Crippen molar-refractivity contribution in [3.8, 4) is 0 Å². The number of nitrogens with one attached hydrogen (secondary N) is 1. The molecule has 0 saturated carbocycles. The van der Waals surface area contributed by atoms with Gasteiger partial charge in [0.2, 0.25) is 0 Å². The van der Waals surface area contributed by atoms with Gasteiger partial charge in [-0.05, 0) is 32.6 Å². The second kappa shape index (κ2) is 5.73. The molecule has 1 aliphatic rings. The Balaban J connectivity index is 2.41. The molecule has 1 fully saturated rings. The zero-order valence-electron chi connectivity index (χ0n) is 9.58. The van der Waals surface area contributed by atoms with E-state index >= 15 is 0 Å². The van der Waals surface area contributed by atoms with Gasteiger partial charge in [0.1, 0.15) is 0 Å². The van der Waals surface area contributed by atoms with Gasteiger partial charge in [0.15, 0.2) is 0 Å². The van der Waals surface area contributed by atoms with Crippen molar-refractivity contribution in [1.82, 2.24) is 10.2 Å². The third kappa shape index (κ3) is 3.53. The molecule has 0 aromatic rings. The van der Waals surface area contributed by atoms with Gasteiger partial charge in [-0.2, -0.15) is 0 Å². The highest BCUT2D eigenvalue weighted by molar-refractivity contribution is 6.35. The lowest BCUT2D eigenvalue weighted by Gasteiger charge is -2.26. The van der Waals surface area contributed by atoms with E-state index in [0.29, 0.717) is 0 Å². The fraction of sp³-hybridized carbons (Fsp3) is 0.818. The molecule has 2 amide bonds. The number of likely N-dealkylation sites (tertiary alicyclic amines) is 1. The average Bonchev–Trinajstić information content (AvgIpc) is 2.29. The molecular formula is C11H20N2O2. The standard InChI is InChI=1S/C11H20N2O2/c1-3-9(2)12-10(14)11(15)13-7-5-4-6-8-13/h9H,3-8H2,1-2H3,(H,12,14). The van der Waals surface area contributed by atoms with E-state index in [4.69, 9.17) is 0 Å². The molecule has 1 unspecified atom stereocenters. The predicted molar refractivity (Wildman–Crippen MR) is 58.3 cm³/mol. The summed E-state index contributed by atoms with van der Waals surface area (Å²) in [6.45, 7) is 5.34. The summed E-state index contributed by atoms with van der Waals surface area (Å²) in [5.74, 6) is -0.818. The van der Waals surface area contributed by atoms with Crippen LogP contribution in [0.2, 0.25) is 0 Å². The summed E-state index contributed by atoms with van der Waals surface area (Å²) in [5.41, 5.74) is 0. The van der Waals surface area contributed by atoms with Crippen LogP contribution in [0.15, 0.2) is 0 Å². The molecule has 0 aromatic carbocycles. The van der Waals surface area contributed by atoms with Crippen LogP contribution in [0.3, 0.4) is 0 Å². The van der Waals surface area contributed by atoms with E-state index in [1.165, 1.54) is 0 Å². The molecule has 1 heterocycles. The van der Waals surface area contributed by atoms with Crippen LogP contribution in [0.4, 0.5) is 0 Å². The molecule has 0 aromatic heterocycles. The number of amides is 2. The highest BCUT2D eigenvalue weighted by Gasteiger charge is 2.23. The van der Waals surface area contributed by atoms with Crippen LogP contribution in [0.1, 0.15) is 39.5 Å². The van der Waals surface area contributed by atoms with E-state index in [0.717, 1.165) is 38.8 Å². The summed E-state index contributed by atoms with van der Waals surface area (Å²) in [6, 6.07) is 0.0752. The van der Waals surface area contributed by atoms with Gasteiger partial charge in [0.05, 0.1) is 0 Å². The van der Waals surface area contributed by atoms with Crippen molar-refractivity contribution in [1.29, 1.82) is 0 Å². The second-order valence-corrected chi connectivity index (χ2v) is 4.14. The molecule has 4 nitrogen and oxygen atoms in total. The smallest absolute Gasteiger partial charge is 0.311 e. The molecule has 1 aliphatic heterocycles. The summed E-state index contributed by atoms with van der Waals surface area (Å²) < 4.78 is 0. The zero-order valence-corrected chi connectivity index (χ0v) is 9.58. The number of hydrogen-bond donors (Lipinski definition) is 1. The molecule has 1 N–H and O–H groups in total. The van der Waals surface area contributed by atoms with Gasteiger partial charge in [0.25, 0.3) is 0 Å². The molecule has 0 bridgehead atoms. The Labute approximate surface area is 91.0 Å². The largest absolute Gasteiger partial charge is 0.345 e. The maximum Gasteiger partial charge on any atom is 0.311 e. The molecular weight excluding hydrogens is 192 g/mol. The molecule has 0 radical (unpaired) electrons. The normalized spacial score (nSPS) is 18.4. The van der Waals surface area contributed by atoms with Gasteiger partial charge in [-0.15, -0.1) is 0 Å². The fourth-order valence-corrected chi connectivity index (χ4v) is 1.63. The van der Waals surface area contributed by atoms with Crippen LogP contribution < -0.4 is 5.32 Å². The highest BCUT2D eigenvalue weighted by Crippen LogP contribution is 2.08. The van der Waals surface area contributed by atoms with Gasteiger partial charge in [-0.25, -0.2) is 0 Å². The minimum atomic E-state index is -0.453. The summed E-state index contributed by atoms with van der Waals surface area (Å²) >= 11 is 0.